The van der Waals surface area contributed by atoms with E-state index in [1.54, 1.807) is 12.4 Å². The summed E-state index contributed by atoms with van der Waals surface area (Å²) < 4.78 is 10.8. The Balaban J connectivity index is 1.15. The van der Waals surface area contributed by atoms with Crippen LogP contribution in [0, 0.1) is 0 Å². The molecule has 0 bridgehead atoms. The molecule has 1 aliphatic carbocycles. The number of nitrogens with zero attached hydrogens (tertiary/aromatic N) is 4. The first-order chi connectivity index (χ1) is 13.7. The van der Waals surface area contributed by atoms with Crippen molar-refractivity contribution in [3.63, 3.8) is 0 Å². The molecule has 0 radical (unpaired) electrons. The molecule has 28 heavy (non-hydrogen) atoms. The smallest absolute Gasteiger partial charge is 0.254 e. The van der Waals surface area contributed by atoms with Crippen LogP contribution in [0.2, 0.25) is 0 Å². The van der Waals surface area contributed by atoms with Crippen LogP contribution in [0.3, 0.4) is 0 Å². The van der Waals surface area contributed by atoms with Gasteiger partial charge in [-0.25, -0.2) is 9.97 Å². The van der Waals surface area contributed by atoms with Gasteiger partial charge in [-0.15, -0.1) is 0 Å². The topological polar surface area (TPSA) is 79.8 Å². The van der Waals surface area contributed by atoms with Gasteiger partial charge in [0.1, 0.15) is 0 Å². The summed E-state index contributed by atoms with van der Waals surface area (Å²) in [5.41, 5.74) is 1.75. The van der Waals surface area contributed by atoms with Crippen LogP contribution in [-0.4, -0.2) is 59.8 Å². The van der Waals surface area contributed by atoms with E-state index in [-0.39, 0.29) is 5.91 Å². The van der Waals surface area contributed by atoms with E-state index >= 15 is 0 Å². The number of benzene rings is 1. The highest BCUT2D eigenvalue weighted by Crippen LogP contribution is 2.32. The third-order valence-corrected chi connectivity index (χ3v) is 5.31. The molecular weight excluding hydrogens is 358 g/mol. The summed E-state index contributed by atoms with van der Waals surface area (Å²) in [4.78, 5) is 25.4. The van der Waals surface area contributed by atoms with E-state index in [0.29, 0.717) is 24.3 Å². The normalized spacial score (nSPS) is 18.9. The van der Waals surface area contributed by atoms with Gasteiger partial charge in [0, 0.05) is 51.2 Å². The number of ether oxygens (including phenoxy) is 2. The molecule has 1 N–H and O–H groups in total. The van der Waals surface area contributed by atoms with E-state index in [2.05, 4.69) is 37.2 Å². The second-order valence-electron chi connectivity index (χ2n) is 7.47. The van der Waals surface area contributed by atoms with Crippen LogP contribution in [0.4, 0.5) is 5.95 Å². The maximum Gasteiger partial charge on any atom is 0.254 e. The molecule has 0 spiro atoms. The Hall–Kier alpha value is -2.87. The molecule has 1 saturated heterocycles. The number of hydrogen-bond donors (Lipinski definition) is 1. The van der Waals surface area contributed by atoms with Crippen LogP contribution in [0.15, 0.2) is 30.6 Å². The van der Waals surface area contributed by atoms with Crippen LogP contribution < -0.4 is 19.7 Å². The number of anilines is 1. The van der Waals surface area contributed by atoms with Gasteiger partial charge in [0.25, 0.3) is 5.91 Å². The van der Waals surface area contributed by atoms with Crippen LogP contribution in [0.5, 0.6) is 11.5 Å². The van der Waals surface area contributed by atoms with Crippen molar-refractivity contribution in [3.05, 3.63) is 41.7 Å². The third-order valence-electron chi connectivity index (χ3n) is 5.31. The quantitative estimate of drug-likeness (QED) is 0.839. The molecule has 2 fully saturated rings. The van der Waals surface area contributed by atoms with Gasteiger partial charge in [-0.3, -0.25) is 9.69 Å². The Morgan fingerprint density at radius 2 is 1.82 bits per heavy atom. The molecule has 2 aliphatic heterocycles. The molecule has 5 rings (SSSR count). The summed E-state index contributed by atoms with van der Waals surface area (Å²) in [6, 6.07) is 6.46. The largest absolute Gasteiger partial charge is 0.454 e. The highest BCUT2D eigenvalue weighted by molar-refractivity contribution is 5.94. The Kier molecular flexibility index (Phi) is 4.48. The molecule has 8 heteroatoms. The van der Waals surface area contributed by atoms with Crippen molar-refractivity contribution < 1.29 is 14.3 Å². The second kappa shape index (κ2) is 7.27. The van der Waals surface area contributed by atoms with Gasteiger partial charge in [-0.05, 0) is 30.5 Å². The Bertz CT molecular complexity index is 861. The van der Waals surface area contributed by atoms with Gasteiger partial charge in [0.15, 0.2) is 11.5 Å². The fraction of sp³-hybridized carbons (Fsp3) is 0.450. The van der Waals surface area contributed by atoms with Gasteiger partial charge >= 0.3 is 0 Å². The van der Waals surface area contributed by atoms with Gasteiger partial charge in [-0.1, -0.05) is 6.07 Å². The number of rotatable bonds is 5. The highest BCUT2D eigenvalue weighted by atomic mass is 16.7. The van der Waals surface area contributed by atoms with Crippen molar-refractivity contribution in [2.75, 3.05) is 37.9 Å². The third kappa shape index (κ3) is 3.73. The highest BCUT2D eigenvalue weighted by Gasteiger charge is 2.25. The lowest BCUT2D eigenvalue weighted by Crippen LogP contribution is -2.46. The molecule has 0 atom stereocenters. The van der Waals surface area contributed by atoms with E-state index in [0.717, 1.165) is 57.1 Å². The summed E-state index contributed by atoms with van der Waals surface area (Å²) in [5.74, 6) is 2.25. The van der Waals surface area contributed by atoms with E-state index < -0.39 is 0 Å². The number of carbonyl (C=O) groups excluding carboxylic acids is 1. The van der Waals surface area contributed by atoms with Gasteiger partial charge < -0.3 is 19.7 Å². The average Bonchev–Trinajstić information content (AvgIpc) is 3.42. The number of aromatic nitrogens is 2. The lowest BCUT2D eigenvalue weighted by molar-refractivity contribution is 0.0950. The Morgan fingerprint density at radius 3 is 2.57 bits per heavy atom. The molecule has 3 aliphatic rings. The molecule has 2 aromatic rings. The van der Waals surface area contributed by atoms with Gasteiger partial charge in [-0.2, -0.15) is 0 Å². The predicted molar refractivity (Wildman–Crippen MR) is 103 cm³/mol. The second-order valence-corrected chi connectivity index (χ2v) is 7.47. The molecule has 1 saturated carbocycles. The molecule has 0 unspecified atom stereocenters. The predicted octanol–water partition coefficient (Wildman–Crippen LogP) is 1.42. The van der Waals surface area contributed by atoms with E-state index in [1.165, 1.54) is 5.56 Å². The van der Waals surface area contributed by atoms with Gasteiger partial charge in [0.05, 0.1) is 5.56 Å². The molecule has 146 valence electrons. The number of fused-ring (bicyclic) bond motifs is 1. The molecule has 3 heterocycles. The van der Waals surface area contributed by atoms with Crippen molar-refractivity contribution in [1.82, 2.24) is 20.2 Å². The molecule has 1 aromatic carbocycles. The number of nitrogens with one attached hydrogen (secondary N) is 1. The minimum Gasteiger partial charge on any atom is -0.454 e. The standard InChI is InChI=1S/C20H23N5O3/c26-19(23-16-2-3-16)15-10-21-20(22-11-15)25-7-5-24(6-8-25)12-14-1-4-17-18(9-14)28-13-27-17/h1,4,9-11,16H,2-3,5-8,12-13H2,(H,23,26). The SMILES string of the molecule is O=C(NC1CC1)c1cnc(N2CCN(Cc3ccc4c(c3)OCO4)CC2)nc1. The summed E-state index contributed by atoms with van der Waals surface area (Å²) in [5, 5.41) is 2.96. The molecule has 8 nitrogen and oxygen atoms in total. The van der Waals surface area contributed by atoms with E-state index in [9.17, 15) is 4.79 Å². The average molecular weight is 381 g/mol. The van der Waals surface area contributed by atoms with Crippen molar-refractivity contribution >= 4 is 11.9 Å². The van der Waals surface area contributed by atoms with Gasteiger partial charge in [0.2, 0.25) is 12.7 Å². The molecular formula is C20H23N5O3. The number of hydrogen-bond acceptors (Lipinski definition) is 7. The zero-order valence-electron chi connectivity index (χ0n) is 15.6. The zero-order valence-corrected chi connectivity index (χ0v) is 15.6. The molecule has 1 aromatic heterocycles. The van der Waals surface area contributed by atoms with Crippen LogP contribution in [-0.2, 0) is 6.54 Å². The summed E-state index contributed by atoms with van der Waals surface area (Å²) in [6.45, 7) is 4.77. The summed E-state index contributed by atoms with van der Waals surface area (Å²) in [7, 11) is 0. The fourth-order valence-electron chi connectivity index (χ4n) is 3.50. The maximum atomic E-state index is 12.0. The summed E-state index contributed by atoms with van der Waals surface area (Å²) in [6.07, 6.45) is 5.39. The van der Waals surface area contributed by atoms with E-state index in [1.807, 2.05) is 6.07 Å². The minimum absolute atomic E-state index is 0.0809. The number of piperazine rings is 1. The van der Waals surface area contributed by atoms with Crippen LogP contribution in [0.25, 0.3) is 0 Å². The number of carbonyl (C=O) groups is 1. The lowest BCUT2D eigenvalue weighted by atomic mass is 10.1. The minimum atomic E-state index is -0.0809. The van der Waals surface area contributed by atoms with Crippen molar-refractivity contribution in [3.8, 4) is 11.5 Å². The van der Waals surface area contributed by atoms with Crippen LogP contribution in [0.1, 0.15) is 28.8 Å². The van der Waals surface area contributed by atoms with Crippen LogP contribution >= 0.6 is 0 Å². The summed E-state index contributed by atoms with van der Waals surface area (Å²) >= 11 is 0. The van der Waals surface area contributed by atoms with Crippen molar-refractivity contribution in [1.29, 1.82) is 0 Å². The Labute approximate surface area is 163 Å². The number of amides is 1. The maximum absolute atomic E-state index is 12.0. The first-order valence-electron chi connectivity index (χ1n) is 9.73. The molecule has 1 amide bonds. The Morgan fingerprint density at radius 1 is 1.07 bits per heavy atom. The lowest BCUT2D eigenvalue weighted by Gasteiger charge is -2.34. The fourth-order valence-corrected chi connectivity index (χ4v) is 3.50. The monoisotopic (exact) mass is 381 g/mol. The first kappa shape index (κ1) is 17.2. The van der Waals surface area contributed by atoms with E-state index in [4.69, 9.17) is 9.47 Å². The van der Waals surface area contributed by atoms with Crippen molar-refractivity contribution in [2.24, 2.45) is 0 Å². The van der Waals surface area contributed by atoms with Crippen molar-refractivity contribution in [2.45, 2.75) is 25.4 Å². The zero-order chi connectivity index (χ0) is 18.9. The first-order valence-corrected chi connectivity index (χ1v) is 9.73.